The number of nitrogens with zero attached hydrogens (tertiary/aromatic N) is 3. The molecule has 1 fully saturated rings. The summed E-state index contributed by atoms with van der Waals surface area (Å²) in [6.07, 6.45) is 4.03. The normalized spacial score (nSPS) is 18.6. The Hall–Kier alpha value is -2.23. The van der Waals surface area contributed by atoms with Crippen LogP contribution in [0.1, 0.15) is 23.2 Å². The van der Waals surface area contributed by atoms with Crippen LogP contribution in [0.15, 0.2) is 47.6 Å². The summed E-state index contributed by atoms with van der Waals surface area (Å²) in [5.74, 6) is -0.340. The van der Waals surface area contributed by atoms with Crippen molar-refractivity contribution < 1.29 is 18.3 Å². The van der Waals surface area contributed by atoms with Crippen LogP contribution < -0.4 is 5.32 Å². The van der Waals surface area contributed by atoms with E-state index in [0.29, 0.717) is 32.5 Å². The minimum Gasteiger partial charge on any atom is -0.392 e. The fourth-order valence-corrected chi connectivity index (χ4v) is 4.47. The van der Waals surface area contributed by atoms with E-state index in [1.807, 2.05) is 0 Å². The topological polar surface area (TPSA) is 105 Å². The van der Waals surface area contributed by atoms with Crippen LogP contribution in [0.25, 0.3) is 0 Å². The summed E-state index contributed by atoms with van der Waals surface area (Å²) in [5, 5.41) is 16.5. The van der Waals surface area contributed by atoms with Gasteiger partial charge in [0.15, 0.2) is 0 Å². The van der Waals surface area contributed by atoms with Gasteiger partial charge in [0.2, 0.25) is 10.0 Å². The van der Waals surface area contributed by atoms with E-state index in [0.717, 1.165) is 0 Å². The van der Waals surface area contributed by atoms with E-state index >= 15 is 0 Å². The molecule has 9 heteroatoms. The summed E-state index contributed by atoms with van der Waals surface area (Å²) in [4.78, 5) is 12.4. The van der Waals surface area contributed by atoms with Gasteiger partial charge in [-0.05, 0) is 37.1 Å². The molecule has 1 saturated heterocycles. The molecule has 2 heterocycles. The molecule has 0 radical (unpaired) electrons. The van der Waals surface area contributed by atoms with Gasteiger partial charge in [-0.2, -0.15) is 9.40 Å². The van der Waals surface area contributed by atoms with Gasteiger partial charge in [-0.3, -0.25) is 9.48 Å². The zero-order valence-electron chi connectivity index (χ0n) is 14.3. The van der Waals surface area contributed by atoms with E-state index in [4.69, 9.17) is 0 Å². The third kappa shape index (κ3) is 4.29. The molecule has 2 N–H and O–H groups in total. The van der Waals surface area contributed by atoms with Gasteiger partial charge in [0, 0.05) is 37.6 Å². The first-order valence-electron chi connectivity index (χ1n) is 8.51. The lowest BCUT2D eigenvalue weighted by atomic mass is 10.1. The Kier molecular flexibility index (Phi) is 5.70. The number of hydrogen-bond acceptors (Lipinski definition) is 5. The van der Waals surface area contributed by atoms with Crippen LogP contribution in [0.3, 0.4) is 0 Å². The number of aromatic nitrogens is 2. The molecule has 1 aliphatic rings. The molecule has 1 aliphatic heterocycles. The molecule has 3 rings (SSSR count). The highest BCUT2D eigenvalue weighted by atomic mass is 32.2. The molecule has 26 heavy (non-hydrogen) atoms. The number of hydrogen-bond donors (Lipinski definition) is 2. The van der Waals surface area contributed by atoms with Crippen LogP contribution in [0.5, 0.6) is 0 Å². The average molecular weight is 378 g/mol. The van der Waals surface area contributed by atoms with Crippen molar-refractivity contribution in [2.75, 3.05) is 19.6 Å². The molecular weight excluding hydrogens is 356 g/mol. The van der Waals surface area contributed by atoms with Gasteiger partial charge in [-0.25, -0.2) is 8.42 Å². The van der Waals surface area contributed by atoms with E-state index in [9.17, 15) is 18.3 Å². The van der Waals surface area contributed by atoms with Crippen LogP contribution in [0.4, 0.5) is 0 Å². The van der Waals surface area contributed by atoms with Crippen LogP contribution >= 0.6 is 0 Å². The van der Waals surface area contributed by atoms with Crippen molar-refractivity contribution in [1.82, 2.24) is 19.4 Å². The molecule has 0 aliphatic carbocycles. The summed E-state index contributed by atoms with van der Waals surface area (Å²) in [6.45, 7) is 1.38. The van der Waals surface area contributed by atoms with Crippen molar-refractivity contribution in [2.45, 2.75) is 30.4 Å². The number of β-amino-alcohol motifs (C(OH)–C–C–N with tert-alkyl or cyclic N) is 1. The van der Waals surface area contributed by atoms with E-state index < -0.39 is 16.1 Å². The summed E-state index contributed by atoms with van der Waals surface area (Å²) < 4.78 is 28.5. The van der Waals surface area contributed by atoms with Crippen molar-refractivity contribution in [2.24, 2.45) is 0 Å². The van der Waals surface area contributed by atoms with Crippen LogP contribution in [0.2, 0.25) is 0 Å². The molecule has 1 aromatic carbocycles. The summed E-state index contributed by atoms with van der Waals surface area (Å²) in [7, 11) is -3.73. The monoisotopic (exact) mass is 378 g/mol. The number of nitrogens with one attached hydrogen (secondary N) is 1. The van der Waals surface area contributed by atoms with E-state index in [-0.39, 0.29) is 22.9 Å². The number of amides is 1. The highest BCUT2D eigenvalue weighted by Crippen LogP contribution is 2.21. The number of carbonyl (C=O) groups is 1. The predicted molar refractivity (Wildman–Crippen MR) is 95.0 cm³/mol. The van der Waals surface area contributed by atoms with Crippen LogP contribution in [0, 0.1) is 0 Å². The molecule has 1 aromatic heterocycles. The molecular formula is C17H22N4O4S. The smallest absolute Gasteiger partial charge is 0.251 e. The number of sulfonamides is 1. The quantitative estimate of drug-likeness (QED) is 0.760. The molecule has 1 atom stereocenters. The Morgan fingerprint density at radius 1 is 1.35 bits per heavy atom. The van der Waals surface area contributed by atoms with Gasteiger partial charge in [0.1, 0.15) is 0 Å². The second kappa shape index (κ2) is 7.98. The van der Waals surface area contributed by atoms with Gasteiger partial charge in [0.25, 0.3) is 5.91 Å². The number of piperidine rings is 1. The lowest BCUT2D eigenvalue weighted by molar-refractivity contribution is 0.0951. The van der Waals surface area contributed by atoms with Crippen molar-refractivity contribution in [3.05, 3.63) is 48.3 Å². The van der Waals surface area contributed by atoms with Crippen molar-refractivity contribution >= 4 is 15.9 Å². The molecule has 0 bridgehead atoms. The first-order valence-corrected chi connectivity index (χ1v) is 9.95. The first kappa shape index (κ1) is 18.6. The third-order valence-corrected chi connectivity index (χ3v) is 6.14. The molecule has 1 amide bonds. The fraction of sp³-hybridized carbons (Fsp3) is 0.412. The molecule has 8 nitrogen and oxygen atoms in total. The molecule has 2 aromatic rings. The Balaban J connectivity index is 1.67. The highest BCUT2D eigenvalue weighted by molar-refractivity contribution is 7.89. The number of benzene rings is 1. The van der Waals surface area contributed by atoms with E-state index in [1.165, 1.54) is 16.4 Å². The summed E-state index contributed by atoms with van der Waals surface area (Å²) in [5.41, 5.74) is 0.282. The van der Waals surface area contributed by atoms with Crippen molar-refractivity contribution in [1.29, 1.82) is 0 Å². The third-order valence-electron chi connectivity index (χ3n) is 4.28. The Morgan fingerprint density at radius 3 is 2.92 bits per heavy atom. The Labute approximate surface area is 152 Å². The van der Waals surface area contributed by atoms with Crippen molar-refractivity contribution in [3.8, 4) is 0 Å². The SMILES string of the molecule is O=C(NCCn1cccn1)c1cccc(S(=O)(=O)N2CCC[C@@H](O)C2)c1. The largest absolute Gasteiger partial charge is 0.392 e. The summed E-state index contributed by atoms with van der Waals surface area (Å²) >= 11 is 0. The Bertz CT molecular complexity index is 851. The van der Waals surface area contributed by atoms with Crippen LogP contribution in [-0.2, 0) is 16.6 Å². The zero-order valence-corrected chi connectivity index (χ0v) is 15.1. The molecule has 0 saturated carbocycles. The lowest BCUT2D eigenvalue weighted by Crippen LogP contribution is -2.42. The standard InChI is InChI=1S/C17H22N4O4S/c22-15-5-2-10-21(13-15)26(24,25)16-6-1-4-14(12-16)17(23)18-8-11-20-9-3-7-19-20/h1,3-4,6-7,9,12,15,22H,2,5,8,10-11,13H2,(H,18,23)/t15-/m1/s1. The first-order chi connectivity index (χ1) is 12.5. The predicted octanol–water partition coefficient (Wildman–Crippen LogP) is 0.458. The maximum absolute atomic E-state index is 12.7. The highest BCUT2D eigenvalue weighted by Gasteiger charge is 2.29. The minimum absolute atomic E-state index is 0.0614. The second-order valence-electron chi connectivity index (χ2n) is 6.21. The number of carbonyl (C=O) groups excluding carboxylic acids is 1. The van der Waals surface area contributed by atoms with Gasteiger partial charge < -0.3 is 10.4 Å². The van der Waals surface area contributed by atoms with Gasteiger partial charge in [0.05, 0.1) is 17.5 Å². The van der Waals surface area contributed by atoms with E-state index in [2.05, 4.69) is 10.4 Å². The van der Waals surface area contributed by atoms with Crippen LogP contribution in [-0.4, -0.2) is 59.3 Å². The van der Waals surface area contributed by atoms with Gasteiger partial charge >= 0.3 is 0 Å². The number of rotatable bonds is 6. The van der Waals surface area contributed by atoms with Gasteiger partial charge in [-0.15, -0.1) is 0 Å². The Morgan fingerprint density at radius 2 is 2.19 bits per heavy atom. The van der Waals surface area contributed by atoms with Gasteiger partial charge in [-0.1, -0.05) is 6.07 Å². The fourth-order valence-electron chi connectivity index (χ4n) is 2.90. The maximum atomic E-state index is 12.7. The zero-order chi connectivity index (χ0) is 18.6. The van der Waals surface area contributed by atoms with Crippen molar-refractivity contribution in [3.63, 3.8) is 0 Å². The summed E-state index contributed by atoms with van der Waals surface area (Å²) in [6, 6.07) is 7.77. The second-order valence-corrected chi connectivity index (χ2v) is 8.15. The lowest BCUT2D eigenvalue weighted by Gasteiger charge is -2.29. The molecule has 0 unspecified atom stereocenters. The number of aliphatic hydroxyl groups is 1. The van der Waals surface area contributed by atoms with E-state index in [1.54, 1.807) is 35.3 Å². The minimum atomic E-state index is -3.73. The average Bonchev–Trinajstić information content (AvgIpc) is 3.15. The molecule has 0 spiro atoms. The maximum Gasteiger partial charge on any atom is 0.251 e. The number of aliphatic hydroxyl groups excluding tert-OH is 1. The molecule has 140 valence electrons.